The number of fused-ring (bicyclic) bond motifs is 4. The minimum absolute atomic E-state index is 0.0557. The molecule has 0 atom stereocenters. The van der Waals surface area contributed by atoms with Crippen molar-refractivity contribution in [2.24, 2.45) is 0 Å². The molecule has 8 rings (SSSR count). The van der Waals surface area contributed by atoms with Crippen LogP contribution in [0.3, 0.4) is 0 Å². The maximum absolute atomic E-state index is 9.32. The quantitative estimate of drug-likeness (QED) is 0.213. The maximum atomic E-state index is 9.32. The number of rotatable bonds is 3. The van der Waals surface area contributed by atoms with E-state index in [0.29, 0.717) is 5.56 Å². The Bertz CT molecular complexity index is 2570. The Labute approximate surface area is 242 Å². The van der Waals surface area contributed by atoms with Crippen molar-refractivity contribution in [2.75, 3.05) is 0 Å². The number of benzene rings is 7. The molecule has 40 heavy (non-hydrogen) atoms. The highest BCUT2D eigenvalue weighted by atomic mass is 15.1. The molecule has 0 amide bonds. The number of nitrogens with zero attached hydrogens (tertiary/aromatic N) is 2. The van der Waals surface area contributed by atoms with Gasteiger partial charge in [-0.2, -0.15) is 0 Å². The molecule has 2 heteroatoms. The van der Waals surface area contributed by atoms with Crippen molar-refractivity contribution in [3.05, 3.63) is 145 Å². The molecule has 0 saturated heterocycles. The van der Waals surface area contributed by atoms with Crippen LogP contribution >= 0.6 is 0 Å². The molecule has 0 unspecified atom stereocenters. The molecule has 8 aromatic rings. The normalized spacial score (nSPS) is 14.1. The van der Waals surface area contributed by atoms with Gasteiger partial charge in [0.15, 0.2) is 0 Å². The molecular formula is C38H26N2. The fourth-order valence-electron chi connectivity index (χ4n) is 5.89. The SMILES string of the molecule is [2H]c1c([2H])c([2H])c2c([2H])c(-c3c4ccccc4c(-c4cccc(-n5c(C)nc6ccccc65)c4)c4ccccc34)c([2H])c([2H])c2c1[2H]. The Morgan fingerprint density at radius 1 is 0.600 bits per heavy atom. The van der Waals surface area contributed by atoms with Gasteiger partial charge in [-0.3, -0.25) is 4.57 Å². The van der Waals surface area contributed by atoms with Crippen LogP contribution in [-0.4, -0.2) is 9.55 Å². The average molecular weight is 518 g/mol. The zero-order valence-electron chi connectivity index (χ0n) is 28.6. The van der Waals surface area contributed by atoms with Crippen LogP contribution in [0.4, 0.5) is 0 Å². The average Bonchev–Trinajstić information content (AvgIpc) is 3.43. The Hall–Kier alpha value is -5.21. The van der Waals surface area contributed by atoms with Gasteiger partial charge >= 0.3 is 0 Å². The van der Waals surface area contributed by atoms with Gasteiger partial charge in [0, 0.05) is 5.69 Å². The molecule has 0 saturated carbocycles. The Morgan fingerprint density at radius 2 is 1.23 bits per heavy atom. The van der Waals surface area contributed by atoms with Crippen molar-refractivity contribution < 1.29 is 9.60 Å². The summed E-state index contributed by atoms with van der Waals surface area (Å²) in [7, 11) is 0. The number of imidazole rings is 1. The van der Waals surface area contributed by atoms with Crippen LogP contribution in [0.15, 0.2) is 139 Å². The van der Waals surface area contributed by atoms with Gasteiger partial charge in [0.25, 0.3) is 0 Å². The summed E-state index contributed by atoms with van der Waals surface area (Å²) in [6.07, 6.45) is 0. The van der Waals surface area contributed by atoms with Gasteiger partial charge in [0.1, 0.15) is 5.82 Å². The molecule has 0 aliphatic rings. The van der Waals surface area contributed by atoms with Crippen molar-refractivity contribution in [1.82, 2.24) is 9.55 Å². The number of para-hydroxylation sites is 2. The van der Waals surface area contributed by atoms with Gasteiger partial charge < -0.3 is 0 Å². The molecular weight excluding hydrogens is 484 g/mol. The first-order valence-electron chi connectivity index (χ1n) is 16.7. The standard InChI is InChI=1S/C38H26N2/c1-25-39-35-19-8-9-20-36(35)40(25)30-14-10-13-28(24-30)37-31-15-4-6-17-33(31)38(34-18-7-5-16-32(34)37)29-22-21-26-11-2-3-12-27(26)23-29/h2-24H,1H3/i2D,3D,11D,12D,21D,22D,23D. The molecule has 0 aliphatic carbocycles. The summed E-state index contributed by atoms with van der Waals surface area (Å²) in [6.45, 7) is 1.99. The lowest BCUT2D eigenvalue weighted by Gasteiger charge is -2.18. The number of aryl methyl sites for hydroxylation is 1. The van der Waals surface area contributed by atoms with E-state index in [0.717, 1.165) is 55.2 Å². The third-order valence-corrected chi connectivity index (χ3v) is 7.55. The minimum atomic E-state index is -0.482. The lowest BCUT2D eigenvalue weighted by molar-refractivity contribution is 1.00. The first-order valence-corrected chi connectivity index (χ1v) is 13.2. The molecule has 1 heterocycles. The molecule has 0 spiro atoms. The third-order valence-electron chi connectivity index (χ3n) is 7.55. The van der Waals surface area contributed by atoms with E-state index in [4.69, 9.17) is 13.2 Å². The summed E-state index contributed by atoms with van der Waals surface area (Å²) < 4.78 is 63.1. The molecule has 0 radical (unpaired) electrons. The second-order valence-electron chi connectivity index (χ2n) is 9.87. The number of hydrogen-bond donors (Lipinski definition) is 0. The molecule has 1 aromatic heterocycles. The smallest absolute Gasteiger partial charge is 0.111 e. The predicted molar refractivity (Wildman–Crippen MR) is 169 cm³/mol. The van der Waals surface area contributed by atoms with Gasteiger partial charge in [-0.05, 0) is 91.8 Å². The fraction of sp³-hybridized carbons (Fsp3) is 0.0263. The number of aromatic nitrogens is 2. The van der Waals surface area contributed by atoms with Gasteiger partial charge in [-0.15, -0.1) is 0 Å². The summed E-state index contributed by atoms with van der Waals surface area (Å²) in [5.74, 6) is 0.875. The zero-order chi connectivity index (χ0) is 32.7. The predicted octanol–water partition coefficient (Wildman–Crippen LogP) is 10.1. The monoisotopic (exact) mass is 517 g/mol. The topological polar surface area (TPSA) is 17.8 Å². The zero-order valence-corrected chi connectivity index (χ0v) is 21.6. The Kier molecular flexibility index (Phi) is 3.72. The van der Waals surface area contributed by atoms with Crippen LogP contribution in [0.5, 0.6) is 0 Å². The summed E-state index contributed by atoms with van der Waals surface area (Å²) in [4.78, 5) is 4.77. The highest BCUT2D eigenvalue weighted by Crippen LogP contribution is 2.44. The molecule has 0 bridgehead atoms. The van der Waals surface area contributed by atoms with E-state index in [-0.39, 0.29) is 40.5 Å². The fourth-order valence-corrected chi connectivity index (χ4v) is 5.89. The van der Waals surface area contributed by atoms with Gasteiger partial charge in [0.05, 0.1) is 20.6 Å². The molecule has 2 nitrogen and oxygen atoms in total. The highest BCUT2D eigenvalue weighted by molar-refractivity contribution is 6.21. The van der Waals surface area contributed by atoms with E-state index in [2.05, 4.69) is 28.8 Å². The minimum Gasteiger partial charge on any atom is -0.297 e. The van der Waals surface area contributed by atoms with E-state index in [9.17, 15) is 1.37 Å². The lowest BCUT2D eigenvalue weighted by atomic mass is 9.85. The van der Waals surface area contributed by atoms with Crippen molar-refractivity contribution in [1.29, 1.82) is 0 Å². The number of hydrogen-bond acceptors (Lipinski definition) is 1. The molecule has 0 aliphatic heterocycles. The first-order chi connectivity index (χ1) is 22.7. The molecule has 188 valence electrons. The van der Waals surface area contributed by atoms with Crippen molar-refractivity contribution in [3.63, 3.8) is 0 Å². The van der Waals surface area contributed by atoms with Crippen molar-refractivity contribution >= 4 is 43.4 Å². The van der Waals surface area contributed by atoms with Crippen LogP contribution in [0, 0.1) is 6.92 Å². The van der Waals surface area contributed by atoms with Gasteiger partial charge in [-0.1, -0.05) is 109 Å². The summed E-state index contributed by atoms with van der Waals surface area (Å²) >= 11 is 0. The summed E-state index contributed by atoms with van der Waals surface area (Å²) in [5, 5.41) is 3.17. The van der Waals surface area contributed by atoms with E-state index in [1.165, 1.54) is 0 Å². The summed E-state index contributed by atoms with van der Waals surface area (Å²) in [5.41, 5.74) is 5.61. The van der Waals surface area contributed by atoms with Gasteiger partial charge in [0.2, 0.25) is 0 Å². The maximum Gasteiger partial charge on any atom is 0.111 e. The van der Waals surface area contributed by atoms with Gasteiger partial charge in [-0.25, -0.2) is 4.98 Å². The van der Waals surface area contributed by atoms with Crippen LogP contribution in [-0.2, 0) is 0 Å². The Morgan fingerprint density at radius 3 is 1.95 bits per heavy atom. The van der Waals surface area contributed by atoms with E-state index < -0.39 is 18.1 Å². The van der Waals surface area contributed by atoms with E-state index >= 15 is 0 Å². The molecule has 7 aromatic carbocycles. The lowest BCUT2D eigenvalue weighted by Crippen LogP contribution is -1.97. The Balaban J connectivity index is 1.48. The third kappa shape index (κ3) is 3.47. The largest absolute Gasteiger partial charge is 0.297 e. The van der Waals surface area contributed by atoms with Crippen LogP contribution < -0.4 is 0 Å². The first kappa shape index (κ1) is 16.7. The van der Waals surface area contributed by atoms with Crippen LogP contribution in [0.1, 0.15) is 15.4 Å². The van der Waals surface area contributed by atoms with Crippen LogP contribution in [0.25, 0.3) is 71.3 Å². The van der Waals surface area contributed by atoms with Crippen LogP contribution in [0.2, 0.25) is 0 Å². The van der Waals surface area contributed by atoms with Crippen molar-refractivity contribution in [2.45, 2.75) is 6.92 Å². The molecule has 0 fully saturated rings. The highest BCUT2D eigenvalue weighted by Gasteiger charge is 2.17. The van der Waals surface area contributed by atoms with E-state index in [1.54, 1.807) is 0 Å². The summed E-state index contributed by atoms with van der Waals surface area (Å²) in [6, 6.07) is 29.5. The second-order valence-corrected chi connectivity index (χ2v) is 9.87. The molecule has 0 N–H and O–H groups in total. The second kappa shape index (κ2) is 8.93. The van der Waals surface area contributed by atoms with E-state index in [1.807, 2.05) is 79.7 Å². The van der Waals surface area contributed by atoms with Crippen molar-refractivity contribution in [3.8, 4) is 27.9 Å².